The first-order valence-corrected chi connectivity index (χ1v) is 9.42. The smallest absolute Gasteiger partial charge is 0.508 e. The number of fused-ring (bicyclic) bond motifs is 3. The number of phenols is 1. The van der Waals surface area contributed by atoms with Gasteiger partial charge in [-0.25, -0.2) is 4.98 Å². The van der Waals surface area contributed by atoms with E-state index in [0.717, 1.165) is 16.7 Å². The van der Waals surface area contributed by atoms with Crippen LogP contribution < -0.4 is 15.4 Å². The molecule has 0 saturated carbocycles. The van der Waals surface area contributed by atoms with Gasteiger partial charge in [0, 0.05) is 24.0 Å². The number of aliphatic hydroxyl groups is 1. The molecular formula is C21H20F3N3O3. The van der Waals surface area contributed by atoms with E-state index >= 15 is 0 Å². The van der Waals surface area contributed by atoms with Gasteiger partial charge in [0.2, 0.25) is 0 Å². The number of aryl methyl sites for hydroxylation is 1. The second-order valence-electron chi connectivity index (χ2n) is 7.02. The van der Waals surface area contributed by atoms with Gasteiger partial charge in [-0.2, -0.15) is 0 Å². The van der Waals surface area contributed by atoms with Gasteiger partial charge < -0.3 is 25.6 Å². The van der Waals surface area contributed by atoms with E-state index in [4.69, 9.17) is 5.11 Å². The highest BCUT2D eigenvalue weighted by molar-refractivity contribution is 6.08. The lowest BCUT2D eigenvalue weighted by atomic mass is 9.94. The van der Waals surface area contributed by atoms with Crippen molar-refractivity contribution in [1.29, 1.82) is 0 Å². The van der Waals surface area contributed by atoms with Gasteiger partial charge in [-0.05, 0) is 54.3 Å². The summed E-state index contributed by atoms with van der Waals surface area (Å²) < 4.78 is 43.4. The Morgan fingerprint density at radius 2 is 1.97 bits per heavy atom. The second-order valence-corrected chi connectivity index (χ2v) is 7.02. The second kappa shape index (κ2) is 7.56. The molecule has 158 valence electrons. The largest absolute Gasteiger partial charge is 0.573 e. The number of anilines is 2. The minimum atomic E-state index is -4.87. The van der Waals surface area contributed by atoms with Gasteiger partial charge in [0.25, 0.3) is 0 Å². The van der Waals surface area contributed by atoms with Crippen LogP contribution in [-0.4, -0.2) is 41.3 Å². The third-order valence-electron chi connectivity index (χ3n) is 5.01. The van der Waals surface area contributed by atoms with E-state index in [9.17, 15) is 18.3 Å². The summed E-state index contributed by atoms with van der Waals surface area (Å²) in [5.74, 6) is 0.124. The Hall–Kier alpha value is -3.20. The number of hydrogen-bond donors (Lipinski definition) is 4. The molecule has 1 aliphatic rings. The Kier molecular flexibility index (Phi) is 5.07. The number of halogens is 3. The minimum absolute atomic E-state index is 0.0610. The van der Waals surface area contributed by atoms with Crippen molar-refractivity contribution in [3.8, 4) is 22.6 Å². The number of alkyl halides is 3. The lowest BCUT2D eigenvalue weighted by Crippen LogP contribution is -2.18. The van der Waals surface area contributed by atoms with Gasteiger partial charge in [-0.15, -0.1) is 13.2 Å². The van der Waals surface area contributed by atoms with Crippen LogP contribution in [0.4, 0.5) is 24.7 Å². The molecule has 1 aromatic heterocycles. The summed E-state index contributed by atoms with van der Waals surface area (Å²) in [6, 6.07) is 7.68. The first kappa shape index (κ1) is 20.1. The molecule has 0 amide bonds. The molecule has 30 heavy (non-hydrogen) atoms. The summed E-state index contributed by atoms with van der Waals surface area (Å²) in [4.78, 5) is 4.47. The first-order valence-electron chi connectivity index (χ1n) is 9.42. The number of aromatic hydroxyl groups is 1. The van der Waals surface area contributed by atoms with E-state index in [1.165, 1.54) is 12.1 Å². The Bertz CT molecular complexity index is 1120. The number of aromatic nitrogens is 1. The molecule has 0 fully saturated rings. The average Bonchev–Trinajstić information content (AvgIpc) is 3.16. The number of ether oxygens (including phenoxy) is 1. The molecule has 0 radical (unpaired) electrons. The molecule has 0 spiro atoms. The molecule has 0 bridgehead atoms. The number of phenolic OH excluding ortho intramolecular Hbond substituents is 1. The normalized spacial score (nSPS) is 13.2. The molecule has 1 aliphatic heterocycles. The molecule has 9 heteroatoms. The van der Waals surface area contributed by atoms with Gasteiger partial charge in [-0.1, -0.05) is 6.07 Å². The standard InChI is InChI=1S/C21H20F3N3O3/c1-11-10-12(29)2-3-13(11)14-4-5-16(30-21(22,23)24)19-17(14)18-15(6-7-25-18)20(27-19)26-8-9-28/h2-5,10,25,28-29H,6-9H2,1H3,(H,26,27). The van der Waals surface area contributed by atoms with Crippen LogP contribution in [0.15, 0.2) is 30.3 Å². The Morgan fingerprint density at radius 1 is 1.20 bits per heavy atom. The van der Waals surface area contributed by atoms with Crippen LogP contribution in [0.25, 0.3) is 22.0 Å². The highest BCUT2D eigenvalue weighted by atomic mass is 19.4. The fraction of sp³-hybridized carbons (Fsp3) is 0.286. The predicted octanol–water partition coefficient (Wildman–Crippen LogP) is 4.19. The molecule has 0 saturated heterocycles. The van der Waals surface area contributed by atoms with Crippen molar-refractivity contribution in [3.63, 3.8) is 0 Å². The number of hydrogen-bond acceptors (Lipinski definition) is 6. The zero-order valence-electron chi connectivity index (χ0n) is 16.1. The zero-order valence-corrected chi connectivity index (χ0v) is 16.1. The Morgan fingerprint density at radius 3 is 2.67 bits per heavy atom. The topological polar surface area (TPSA) is 86.6 Å². The predicted molar refractivity (Wildman–Crippen MR) is 108 cm³/mol. The number of nitrogens with one attached hydrogen (secondary N) is 2. The molecule has 0 unspecified atom stereocenters. The lowest BCUT2D eigenvalue weighted by Gasteiger charge is -2.19. The lowest BCUT2D eigenvalue weighted by molar-refractivity contribution is -0.274. The van der Waals surface area contributed by atoms with Gasteiger partial charge >= 0.3 is 6.36 Å². The summed E-state index contributed by atoms with van der Waals surface area (Å²) in [5, 5.41) is 25.7. The molecule has 2 heterocycles. The summed E-state index contributed by atoms with van der Waals surface area (Å²) in [6.07, 6.45) is -4.22. The molecule has 4 N–H and O–H groups in total. The van der Waals surface area contributed by atoms with Crippen molar-refractivity contribution in [2.24, 2.45) is 0 Å². The van der Waals surface area contributed by atoms with E-state index in [0.29, 0.717) is 35.4 Å². The van der Waals surface area contributed by atoms with Crippen molar-refractivity contribution < 1.29 is 28.1 Å². The van der Waals surface area contributed by atoms with Crippen LogP contribution in [0.5, 0.6) is 11.5 Å². The minimum Gasteiger partial charge on any atom is -0.508 e. The fourth-order valence-electron chi connectivity index (χ4n) is 3.84. The van der Waals surface area contributed by atoms with E-state index in [1.807, 2.05) is 6.92 Å². The van der Waals surface area contributed by atoms with Crippen LogP contribution in [0.3, 0.4) is 0 Å². The third kappa shape index (κ3) is 3.68. The van der Waals surface area contributed by atoms with Crippen molar-refractivity contribution in [3.05, 3.63) is 41.5 Å². The van der Waals surface area contributed by atoms with Gasteiger partial charge in [0.05, 0.1) is 12.3 Å². The maximum atomic E-state index is 13.0. The summed E-state index contributed by atoms with van der Waals surface area (Å²) in [5.41, 5.74) is 3.82. The van der Waals surface area contributed by atoms with Gasteiger partial charge in [-0.3, -0.25) is 0 Å². The Labute approximate surface area is 170 Å². The molecule has 0 aliphatic carbocycles. The third-order valence-corrected chi connectivity index (χ3v) is 5.01. The molecule has 6 nitrogen and oxygen atoms in total. The van der Waals surface area contributed by atoms with Crippen LogP contribution in [-0.2, 0) is 6.42 Å². The molecule has 3 aromatic rings. The van der Waals surface area contributed by atoms with Crippen LogP contribution in [0.2, 0.25) is 0 Å². The number of benzene rings is 2. The van der Waals surface area contributed by atoms with Crippen molar-refractivity contribution in [2.75, 3.05) is 30.3 Å². The molecule has 4 rings (SSSR count). The number of rotatable bonds is 5. The Balaban J connectivity index is 2.03. The van der Waals surface area contributed by atoms with Crippen molar-refractivity contribution in [2.45, 2.75) is 19.7 Å². The van der Waals surface area contributed by atoms with E-state index < -0.39 is 12.1 Å². The van der Waals surface area contributed by atoms with Crippen LogP contribution >= 0.6 is 0 Å². The maximum Gasteiger partial charge on any atom is 0.573 e. The van der Waals surface area contributed by atoms with Gasteiger partial charge in [0.1, 0.15) is 17.1 Å². The van der Waals surface area contributed by atoms with E-state index in [1.54, 1.807) is 18.2 Å². The molecular weight excluding hydrogens is 399 g/mol. The van der Waals surface area contributed by atoms with E-state index in [-0.39, 0.29) is 24.4 Å². The maximum absolute atomic E-state index is 13.0. The quantitative estimate of drug-likeness (QED) is 0.496. The number of aliphatic hydroxyl groups excluding tert-OH is 1. The van der Waals surface area contributed by atoms with Crippen LogP contribution in [0.1, 0.15) is 11.1 Å². The van der Waals surface area contributed by atoms with Gasteiger partial charge in [0.15, 0.2) is 5.75 Å². The number of pyridine rings is 1. The van der Waals surface area contributed by atoms with Crippen LogP contribution in [0, 0.1) is 6.92 Å². The monoisotopic (exact) mass is 419 g/mol. The number of nitrogens with zero attached hydrogens (tertiary/aromatic N) is 1. The molecule has 2 aromatic carbocycles. The summed E-state index contributed by atoms with van der Waals surface area (Å²) in [7, 11) is 0. The van der Waals surface area contributed by atoms with Crippen molar-refractivity contribution >= 4 is 22.4 Å². The SMILES string of the molecule is Cc1cc(O)ccc1-c1ccc(OC(F)(F)F)c2nc(NCCO)c3c(c12)NCC3. The van der Waals surface area contributed by atoms with Crippen molar-refractivity contribution in [1.82, 2.24) is 4.98 Å². The summed E-state index contributed by atoms with van der Waals surface area (Å²) in [6.45, 7) is 2.51. The fourth-order valence-corrected chi connectivity index (χ4v) is 3.84. The molecule has 0 atom stereocenters. The van der Waals surface area contributed by atoms with E-state index in [2.05, 4.69) is 20.4 Å². The first-order chi connectivity index (χ1) is 14.3. The average molecular weight is 419 g/mol. The summed E-state index contributed by atoms with van der Waals surface area (Å²) >= 11 is 0. The highest BCUT2D eigenvalue weighted by Gasteiger charge is 2.33. The zero-order chi connectivity index (χ0) is 21.5. The highest BCUT2D eigenvalue weighted by Crippen LogP contribution is 2.45.